The maximum absolute atomic E-state index is 12.6. The molecule has 1 unspecified atom stereocenters. The quantitative estimate of drug-likeness (QED) is 0.679. The Balaban J connectivity index is 1.52. The Morgan fingerprint density at radius 3 is 3.00 bits per heavy atom. The molecule has 0 saturated heterocycles. The molecule has 1 aliphatic heterocycles. The first kappa shape index (κ1) is 18.2. The van der Waals surface area contributed by atoms with Crippen molar-refractivity contribution in [2.75, 3.05) is 13.7 Å². The molecular formula is C19H18N4O4S. The first-order chi connectivity index (χ1) is 13.7. The van der Waals surface area contributed by atoms with Crippen LogP contribution in [0.15, 0.2) is 53.7 Å². The van der Waals surface area contributed by atoms with Crippen LogP contribution in [0.5, 0.6) is 11.6 Å². The van der Waals surface area contributed by atoms with Crippen molar-refractivity contribution < 1.29 is 18.5 Å². The molecule has 0 spiro atoms. The molecule has 1 N–H and O–H groups in total. The fraction of sp³-hybridized carbons (Fsp3) is 0.211. The summed E-state index contributed by atoms with van der Waals surface area (Å²) < 4.78 is 27.7. The minimum Gasteiger partial charge on any atom is -0.492 e. The summed E-state index contributed by atoms with van der Waals surface area (Å²) in [6.07, 6.45) is 4.27. The summed E-state index contributed by atoms with van der Waals surface area (Å²) in [6, 6.07) is 10.5. The maximum atomic E-state index is 12.6. The Hall–Kier alpha value is -3.20. The van der Waals surface area contributed by atoms with Gasteiger partial charge in [-0.25, -0.2) is 9.19 Å². The predicted molar refractivity (Wildman–Crippen MR) is 102 cm³/mol. The Labute approximate surface area is 164 Å². The molecule has 1 amide bonds. The van der Waals surface area contributed by atoms with Crippen LogP contribution in [0, 0.1) is 0 Å². The summed E-state index contributed by atoms with van der Waals surface area (Å²) in [5.41, 5.74) is 1.88. The van der Waals surface area contributed by atoms with Gasteiger partial charge in [0.25, 0.3) is 5.91 Å². The highest BCUT2D eigenvalue weighted by Gasteiger charge is 2.22. The predicted octanol–water partition coefficient (Wildman–Crippen LogP) is 1.72. The standard InChI is InChI=1S/C19H18N4O4S/c1-26-19-14(12-23-10-3-9-20-23)6-7-15(21-19)18(24)22-28(25)16-5-2-4-13-8-11-27-17(13)16/h2-7,9-10H,8,11-12H2,1H3,(H,22,24). The Morgan fingerprint density at radius 1 is 1.32 bits per heavy atom. The molecule has 1 aromatic carbocycles. The van der Waals surface area contributed by atoms with Crippen LogP contribution in [0.4, 0.5) is 0 Å². The molecule has 0 fully saturated rings. The number of carbonyl (C=O) groups excluding carboxylic acids is 1. The lowest BCUT2D eigenvalue weighted by Gasteiger charge is -2.11. The van der Waals surface area contributed by atoms with E-state index in [2.05, 4.69) is 14.8 Å². The summed E-state index contributed by atoms with van der Waals surface area (Å²) in [6.45, 7) is 1.01. The molecule has 0 aliphatic carbocycles. The molecule has 4 rings (SSSR count). The van der Waals surface area contributed by atoms with Crippen molar-refractivity contribution in [1.82, 2.24) is 19.5 Å². The van der Waals surface area contributed by atoms with Crippen LogP contribution in [-0.4, -0.2) is 38.6 Å². The van der Waals surface area contributed by atoms with Crippen molar-refractivity contribution in [3.05, 3.63) is 65.6 Å². The molecule has 1 aliphatic rings. The van der Waals surface area contributed by atoms with Crippen LogP contribution in [0.2, 0.25) is 0 Å². The summed E-state index contributed by atoms with van der Waals surface area (Å²) in [7, 11) is -0.270. The number of ether oxygens (including phenoxy) is 2. The molecule has 9 heteroatoms. The first-order valence-corrected chi connectivity index (χ1v) is 9.79. The van der Waals surface area contributed by atoms with E-state index in [1.165, 1.54) is 7.11 Å². The normalized spacial score (nSPS) is 13.5. The van der Waals surface area contributed by atoms with E-state index in [9.17, 15) is 9.00 Å². The van der Waals surface area contributed by atoms with E-state index in [1.54, 1.807) is 35.1 Å². The molecule has 3 heterocycles. The van der Waals surface area contributed by atoms with Crippen LogP contribution >= 0.6 is 0 Å². The number of aromatic nitrogens is 3. The number of pyridine rings is 1. The second kappa shape index (κ2) is 7.81. The summed E-state index contributed by atoms with van der Waals surface area (Å²) in [5.74, 6) is 0.344. The van der Waals surface area contributed by atoms with E-state index in [1.807, 2.05) is 18.3 Å². The molecule has 8 nitrogen and oxygen atoms in total. The highest BCUT2D eigenvalue weighted by atomic mass is 32.2. The number of amides is 1. The third-order valence-electron chi connectivity index (χ3n) is 4.32. The van der Waals surface area contributed by atoms with Gasteiger partial charge in [0.05, 0.1) is 20.3 Å². The van der Waals surface area contributed by atoms with E-state index < -0.39 is 16.9 Å². The van der Waals surface area contributed by atoms with Gasteiger partial charge in [-0.15, -0.1) is 0 Å². The zero-order valence-corrected chi connectivity index (χ0v) is 15.9. The number of benzene rings is 1. The summed E-state index contributed by atoms with van der Waals surface area (Å²) in [4.78, 5) is 17.2. The van der Waals surface area contributed by atoms with Crippen molar-refractivity contribution in [3.63, 3.8) is 0 Å². The van der Waals surface area contributed by atoms with Crippen molar-refractivity contribution in [3.8, 4) is 11.6 Å². The molecule has 0 radical (unpaired) electrons. The zero-order chi connectivity index (χ0) is 19.5. The lowest BCUT2D eigenvalue weighted by Crippen LogP contribution is -2.27. The van der Waals surface area contributed by atoms with Crippen LogP contribution < -0.4 is 14.2 Å². The Morgan fingerprint density at radius 2 is 2.21 bits per heavy atom. The van der Waals surface area contributed by atoms with Crippen molar-refractivity contribution in [2.45, 2.75) is 17.9 Å². The summed E-state index contributed by atoms with van der Waals surface area (Å²) >= 11 is 0. The van der Waals surface area contributed by atoms with Crippen LogP contribution in [0.3, 0.4) is 0 Å². The van der Waals surface area contributed by atoms with E-state index in [4.69, 9.17) is 9.47 Å². The van der Waals surface area contributed by atoms with Gasteiger partial charge in [-0.3, -0.25) is 14.2 Å². The molecule has 1 atom stereocenters. The number of carbonyl (C=O) groups is 1. The van der Waals surface area contributed by atoms with E-state index in [-0.39, 0.29) is 5.69 Å². The van der Waals surface area contributed by atoms with Crippen LogP contribution in [-0.2, 0) is 24.0 Å². The third-order valence-corrected chi connectivity index (χ3v) is 5.41. The minimum absolute atomic E-state index is 0.114. The number of hydrogen-bond acceptors (Lipinski definition) is 6. The topological polar surface area (TPSA) is 95.3 Å². The SMILES string of the molecule is COc1nc(C(=O)NS(=O)c2cccc3c2OCC3)ccc1Cn1cccn1. The fourth-order valence-corrected chi connectivity index (χ4v) is 3.93. The number of nitrogens with one attached hydrogen (secondary N) is 1. The van der Waals surface area contributed by atoms with Gasteiger partial charge in [-0.2, -0.15) is 5.10 Å². The molecule has 0 saturated carbocycles. The van der Waals surface area contributed by atoms with Crippen molar-refractivity contribution in [2.24, 2.45) is 0 Å². The Kier molecular flexibility index (Phi) is 5.07. The van der Waals surface area contributed by atoms with Gasteiger partial charge in [-0.1, -0.05) is 12.1 Å². The van der Waals surface area contributed by atoms with E-state index in [0.717, 1.165) is 17.5 Å². The first-order valence-electron chi connectivity index (χ1n) is 8.64. The minimum atomic E-state index is -1.76. The van der Waals surface area contributed by atoms with E-state index >= 15 is 0 Å². The lowest BCUT2D eigenvalue weighted by atomic mass is 10.2. The second-order valence-electron chi connectivity index (χ2n) is 6.11. The molecule has 2 aromatic heterocycles. The van der Waals surface area contributed by atoms with Gasteiger partial charge in [0.15, 0.2) is 11.0 Å². The number of para-hydroxylation sites is 1. The van der Waals surface area contributed by atoms with Gasteiger partial charge in [-0.05, 0) is 29.8 Å². The number of methoxy groups -OCH3 is 1. The van der Waals surface area contributed by atoms with Crippen LogP contribution in [0.1, 0.15) is 21.6 Å². The monoisotopic (exact) mass is 398 g/mol. The highest BCUT2D eigenvalue weighted by molar-refractivity contribution is 7.83. The molecule has 28 heavy (non-hydrogen) atoms. The molecule has 144 valence electrons. The highest BCUT2D eigenvalue weighted by Crippen LogP contribution is 2.31. The average molecular weight is 398 g/mol. The van der Waals surface area contributed by atoms with Gasteiger partial charge in [0.2, 0.25) is 5.88 Å². The zero-order valence-electron chi connectivity index (χ0n) is 15.1. The fourth-order valence-electron chi connectivity index (χ4n) is 2.98. The lowest BCUT2D eigenvalue weighted by molar-refractivity contribution is 0.0977. The number of rotatable bonds is 6. The third kappa shape index (κ3) is 3.61. The smallest absolute Gasteiger partial charge is 0.281 e. The summed E-state index contributed by atoms with van der Waals surface area (Å²) in [5, 5.41) is 4.15. The maximum Gasteiger partial charge on any atom is 0.281 e. The largest absolute Gasteiger partial charge is 0.492 e. The van der Waals surface area contributed by atoms with Gasteiger partial charge in [0.1, 0.15) is 16.3 Å². The molecular weight excluding hydrogens is 380 g/mol. The van der Waals surface area contributed by atoms with Crippen molar-refractivity contribution >= 4 is 16.9 Å². The molecule has 0 bridgehead atoms. The Bertz CT molecular complexity index is 1040. The second-order valence-corrected chi connectivity index (χ2v) is 7.29. The van der Waals surface area contributed by atoms with Crippen LogP contribution in [0.25, 0.3) is 0 Å². The van der Waals surface area contributed by atoms with Crippen molar-refractivity contribution in [1.29, 1.82) is 0 Å². The van der Waals surface area contributed by atoms with Gasteiger partial charge >= 0.3 is 0 Å². The van der Waals surface area contributed by atoms with Gasteiger partial charge in [0, 0.05) is 24.4 Å². The van der Waals surface area contributed by atoms with E-state index in [0.29, 0.717) is 29.7 Å². The number of fused-ring (bicyclic) bond motifs is 1. The van der Waals surface area contributed by atoms with Gasteiger partial charge < -0.3 is 9.47 Å². The average Bonchev–Trinajstić information content (AvgIpc) is 3.39. The molecule has 3 aromatic rings. The number of nitrogens with zero attached hydrogens (tertiary/aromatic N) is 3. The number of hydrogen-bond donors (Lipinski definition) is 1.